The minimum Gasteiger partial charge on any atom is -0.456 e. The van der Waals surface area contributed by atoms with Crippen molar-refractivity contribution in [2.24, 2.45) is 0 Å². The molecular formula is C41H35IrN3O-2. The van der Waals surface area contributed by atoms with Crippen LogP contribution in [0.2, 0.25) is 0 Å². The summed E-state index contributed by atoms with van der Waals surface area (Å²) < 4.78 is 6.42. The van der Waals surface area contributed by atoms with Gasteiger partial charge in [-0.15, -0.1) is 71.3 Å². The number of aryl methyl sites for hydroxylation is 2. The molecule has 7 aromatic rings. The molecule has 0 aliphatic carbocycles. The molecule has 0 spiro atoms. The number of benzene rings is 3. The summed E-state index contributed by atoms with van der Waals surface area (Å²) in [6.45, 7) is 10.8. The van der Waals surface area contributed by atoms with Crippen LogP contribution >= 0.6 is 0 Å². The smallest absolute Gasteiger partial charge is 0.139 e. The minimum absolute atomic E-state index is 0. The van der Waals surface area contributed by atoms with Gasteiger partial charge in [-0.3, -0.25) is 4.98 Å². The average Bonchev–Trinajstić information content (AvgIpc) is 3.46. The van der Waals surface area contributed by atoms with Crippen molar-refractivity contribution in [1.82, 2.24) is 15.0 Å². The summed E-state index contributed by atoms with van der Waals surface area (Å²) in [4.78, 5) is 13.1. The zero-order chi connectivity index (χ0) is 31.4. The first-order chi connectivity index (χ1) is 21.8. The first-order valence-corrected chi connectivity index (χ1v) is 15.1. The maximum absolute atomic E-state index is 6.42. The molecule has 0 saturated heterocycles. The SMILES string of the molecule is Cc1ccnc(-c2[c-]ccc(-c3ccc4oc(-c5ccnc(C)c5)c(C(C)(C)C)c4c3)c2)c1.[Ir].[c-]1ccccc1-c1ccccn1. The number of aromatic nitrogens is 3. The third kappa shape index (κ3) is 7.39. The van der Waals surface area contributed by atoms with Crippen molar-refractivity contribution < 1.29 is 24.5 Å². The normalized spacial score (nSPS) is 11.0. The summed E-state index contributed by atoms with van der Waals surface area (Å²) in [6, 6.07) is 41.1. The van der Waals surface area contributed by atoms with Gasteiger partial charge in [0.05, 0.1) is 0 Å². The molecule has 3 aromatic carbocycles. The molecule has 0 unspecified atom stereocenters. The Morgan fingerprint density at radius 2 is 1.37 bits per heavy atom. The molecule has 0 fully saturated rings. The van der Waals surface area contributed by atoms with E-state index >= 15 is 0 Å². The van der Waals surface area contributed by atoms with Crippen LogP contribution in [0.25, 0.3) is 55.9 Å². The van der Waals surface area contributed by atoms with E-state index in [0.717, 1.165) is 61.6 Å². The number of pyridine rings is 3. The van der Waals surface area contributed by atoms with Crippen molar-refractivity contribution in [2.45, 2.75) is 40.0 Å². The van der Waals surface area contributed by atoms with E-state index in [1.54, 1.807) is 6.20 Å². The number of rotatable bonds is 4. The fraction of sp³-hybridized carbons (Fsp3) is 0.146. The van der Waals surface area contributed by atoms with Gasteiger partial charge in [0.1, 0.15) is 11.3 Å². The molecule has 4 nitrogen and oxygen atoms in total. The van der Waals surface area contributed by atoms with E-state index in [4.69, 9.17) is 4.42 Å². The van der Waals surface area contributed by atoms with Crippen molar-refractivity contribution in [2.75, 3.05) is 0 Å². The molecule has 0 amide bonds. The zero-order valence-electron chi connectivity index (χ0n) is 26.6. The number of furan rings is 1. The van der Waals surface area contributed by atoms with E-state index in [1.807, 2.05) is 80.0 Å². The van der Waals surface area contributed by atoms with Gasteiger partial charge < -0.3 is 14.4 Å². The second-order valence-electron chi connectivity index (χ2n) is 12.2. The summed E-state index contributed by atoms with van der Waals surface area (Å²) in [5.74, 6) is 0.922. The molecule has 0 bridgehead atoms. The Kier molecular flexibility index (Phi) is 10.1. The minimum atomic E-state index is -0.0858. The summed E-state index contributed by atoms with van der Waals surface area (Å²) in [5, 5.41) is 1.15. The van der Waals surface area contributed by atoms with E-state index in [1.165, 1.54) is 11.1 Å². The van der Waals surface area contributed by atoms with Gasteiger partial charge in [0.2, 0.25) is 0 Å². The molecule has 0 saturated carbocycles. The van der Waals surface area contributed by atoms with Crippen molar-refractivity contribution >= 4 is 11.0 Å². The quantitative estimate of drug-likeness (QED) is 0.167. The van der Waals surface area contributed by atoms with Gasteiger partial charge in [0, 0.05) is 60.9 Å². The number of fused-ring (bicyclic) bond motifs is 1. The predicted molar refractivity (Wildman–Crippen MR) is 184 cm³/mol. The molecule has 7 rings (SSSR count). The van der Waals surface area contributed by atoms with Crippen LogP contribution in [0.15, 0.2) is 126 Å². The molecule has 0 atom stereocenters. The first kappa shape index (κ1) is 32.7. The van der Waals surface area contributed by atoms with Gasteiger partial charge in [-0.05, 0) is 72.6 Å². The van der Waals surface area contributed by atoms with Crippen molar-refractivity contribution in [1.29, 1.82) is 0 Å². The monoisotopic (exact) mass is 778 g/mol. The number of hydrogen-bond donors (Lipinski definition) is 0. The van der Waals surface area contributed by atoms with Crippen LogP contribution in [0.4, 0.5) is 0 Å². The van der Waals surface area contributed by atoms with Gasteiger partial charge in [-0.25, -0.2) is 0 Å². The van der Waals surface area contributed by atoms with Gasteiger partial charge >= 0.3 is 0 Å². The Bertz CT molecular complexity index is 2020. The molecule has 46 heavy (non-hydrogen) atoms. The Hall–Kier alpha value is -4.70. The maximum atomic E-state index is 6.42. The maximum Gasteiger partial charge on any atom is 0.139 e. The predicted octanol–water partition coefficient (Wildman–Crippen LogP) is 10.5. The molecule has 231 valence electrons. The Morgan fingerprint density at radius 1 is 0.609 bits per heavy atom. The van der Waals surface area contributed by atoms with Crippen LogP contribution in [0.1, 0.15) is 37.6 Å². The molecule has 1 radical (unpaired) electrons. The number of hydrogen-bond acceptors (Lipinski definition) is 4. The summed E-state index contributed by atoms with van der Waals surface area (Å²) in [6.07, 6.45) is 5.48. The van der Waals surface area contributed by atoms with Gasteiger partial charge in [0.25, 0.3) is 0 Å². The van der Waals surface area contributed by atoms with Gasteiger partial charge in [0.15, 0.2) is 0 Å². The van der Waals surface area contributed by atoms with Gasteiger partial charge in [-0.1, -0.05) is 50.6 Å². The Morgan fingerprint density at radius 3 is 2.09 bits per heavy atom. The van der Waals surface area contributed by atoms with Gasteiger partial charge in [-0.2, -0.15) is 0 Å². The summed E-state index contributed by atoms with van der Waals surface area (Å²) in [7, 11) is 0. The third-order valence-electron chi connectivity index (χ3n) is 7.57. The van der Waals surface area contributed by atoms with E-state index in [0.29, 0.717) is 0 Å². The van der Waals surface area contributed by atoms with Crippen LogP contribution < -0.4 is 0 Å². The Balaban J connectivity index is 0.000000269. The molecule has 0 aliphatic heterocycles. The van der Waals surface area contributed by atoms with E-state index < -0.39 is 0 Å². The summed E-state index contributed by atoms with van der Waals surface area (Å²) >= 11 is 0. The Labute approximate surface area is 285 Å². The van der Waals surface area contributed by atoms with Crippen molar-refractivity contribution in [3.63, 3.8) is 0 Å². The van der Waals surface area contributed by atoms with E-state index in [9.17, 15) is 0 Å². The molecular weight excluding hydrogens is 743 g/mol. The van der Waals surface area contributed by atoms with Crippen LogP contribution in [0.3, 0.4) is 0 Å². The molecule has 0 N–H and O–H groups in total. The van der Waals surface area contributed by atoms with E-state index in [2.05, 4.69) is 97.2 Å². The molecule has 4 heterocycles. The second-order valence-corrected chi connectivity index (χ2v) is 12.2. The second kappa shape index (κ2) is 14.2. The van der Waals surface area contributed by atoms with Crippen LogP contribution in [-0.4, -0.2) is 15.0 Å². The summed E-state index contributed by atoms with van der Waals surface area (Å²) in [5.41, 5.74) is 11.5. The standard InChI is InChI=1S/C30H27N2O.C11H8N.Ir/c1-19-11-13-32-26(15-19)23-8-6-7-21(17-23)22-9-10-27-25(18-22)28(30(3,4)5)29(33-27)24-12-14-31-20(2)16-24;1-2-6-10(7-3-1)11-8-4-5-9-12-11;/h6-7,9-18H,1-5H3;1-6,8-9H;/q2*-1;. The molecule has 0 aliphatic rings. The first-order valence-electron chi connectivity index (χ1n) is 15.1. The number of nitrogens with zero attached hydrogens (tertiary/aromatic N) is 3. The fourth-order valence-corrected chi connectivity index (χ4v) is 5.46. The molecule has 5 heteroatoms. The van der Waals surface area contributed by atoms with E-state index in [-0.39, 0.29) is 25.5 Å². The molecule has 4 aromatic heterocycles. The van der Waals surface area contributed by atoms with Crippen LogP contribution in [0.5, 0.6) is 0 Å². The topological polar surface area (TPSA) is 51.8 Å². The third-order valence-corrected chi connectivity index (χ3v) is 7.57. The van der Waals surface area contributed by atoms with Crippen molar-refractivity contribution in [3.05, 3.63) is 151 Å². The average molecular weight is 778 g/mol. The fourth-order valence-electron chi connectivity index (χ4n) is 5.46. The van der Waals surface area contributed by atoms with Crippen LogP contribution in [-0.2, 0) is 25.5 Å². The largest absolute Gasteiger partial charge is 0.456 e. The van der Waals surface area contributed by atoms with Crippen LogP contribution in [0, 0.1) is 26.0 Å². The zero-order valence-corrected chi connectivity index (χ0v) is 29.0. The van der Waals surface area contributed by atoms with Crippen molar-refractivity contribution in [3.8, 4) is 45.0 Å².